The highest BCUT2D eigenvalue weighted by atomic mass is 127. The molecule has 1 aromatic heterocycles. The third-order valence-corrected chi connectivity index (χ3v) is 4.46. The van der Waals surface area contributed by atoms with Crippen molar-refractivity contribution in [3.05, 3.63) is 23.9 Å². The van der Waals surface area contributed by atoms with E-state index in [2.05, 4.69) is 37.8 Å². The fraction of sp³-hybridized carbons (Fsp3) is 0.647. The summed E-state index contributed by atoms with van der Waals surface area (Å²) in [4.78, 5) is 10.4. The van der Waals surface area contributed by atoms with Gasteiger partial charge in [0, 0.05) is 38.9 Å². The van der Waals surface area contributed by atoms with E-state index in [-0.39, 0.29) is 29.8 Å². The number of aromatic nitrogens is 1. The summed E-state index contributed by atoms with van der Waals surface area (Å²) in [6.45, 7) is 5.85. The summed E-state index contributed by atoms with van der Waals surface area (Å²) in [5.41, 5.74) is -0.761. The quantitative estimate of drug-likeness (QED) is 0.233. The van der Waals surface area contributed by atoms with E-state index in [0.717, 1.165) is 25.7 Å². The van der Waals surface area contributed by atoms with E-state index in [1.807, 2.05) is 0 Å². The second-order valence-corrected chi connectivity index (χ2v) is 6.13. The van der Waals surface area contributed by atoms with Crippen LogP contribution in [0.25, 0.3) is 0 Å². The number of aliphatic imine (C=N–C) groups is 1. The molecule has 0 bridgehead atoms. The van der Waals surface area contributed by atoms with Gasteiger partial charge in [-0.05, 0) is 38.1 Å². The molecule has 6 nitrogen and oxygen atoms in total. The zero-order valence-electron chi connectivity index (χ0n) is 15.6. The van der Waals surface area contributed by atoms with Gasteiger partial charge in [-0.1, -0.05) is 6.92 Å². The number of guanidine groups is 1. The summed E-state index contributed by atoms with van der Waals surface area (Å²) >= 11 is 0. The summed E-state index contributed by atoms with van der Waals surface area (Å²) in [5, 5.41) is 9.12. The van der Waals surface area contributed by atoms with Gasteiger partial charge in [-0.15, -0.1) is 24.0 Å². The van der Waals surface area contributed by atoms with Crippen molar-refractivity contribution in [2.75, 3.05) is 45.1 Å². The zero-order chi connectivity index (χ0) is 19.0. The predicted molar refractivity (Wildman–Crippen MR) is 113 cm³/mol. The fourth-order valence-electron chi connectivity index (χ4n) is 3.11. The van der Waals surface area contributed by atoms with Gasteiger partial charge in [0.15, 0.2) is 5.96 Å². The lowest BCUT2D eigenvalue weighted by atomic mass is 10.2. The Morgan fingerprint density at radius 1 is 1.33 bits per heavy atom. The fourth-order valence-corrected chi connectivity index (χ4v) is 3.11. The molecule has 0 radical (unpaired) electrons. The molecule has 1 aliphatic heterocycles. The van der Waals surface area contributed by atoms with Crippen molar-refractivity contribution in [3.63, 3.8) is 0 Å². The third kappa shape index (κ3) is 7.32. The van der Waals surface area contributed by atoms with Crippen molar-refractivity contribution in [1.82, 2.24) is 20.5 Å². The van der Waals surface area contributed by atoms with Gasteiger partial charge in [0.25, 0.3) is 0 Å². The number of rotatable bonds is 7. The van der Waals surface area contributed by atoms with E-state index in [1.165, 1.54) is 25.1 Å². The topological polar surface area (TPSA) is 64.6 Å². The van der Waals surface area contributed by atoms with Gasteiger partial charge in [0.2, 0.25) is 0 Å². The molecule has 1 unspecified atom stereocenters. The highest BCUT2D eigenvalue weighted by molar-refractivity contribution is 14.0. The molecule has 2 heterocycles. The SMILES string of the molecule is CCN1CCCC1CNC(=NC)NCCNc1ncccc1C(F)(F)F.I. The molecule has 1 saturated heterocycles. The van der Waals surface area contributed by atoms with Gasteiger partial charge < -0.3 is 16.0 Å². The van der Waals surface area contributed by atoms with E-state index in [4.69, 9.17) is 0 Å². The van der Waals surface area contributed by atoms with Crippen LogP contribution in [-0.2, 0) is 6.18 Å². The first-order valence-electron chi connectivity index (χ1n) is 8.90. The molecule has 3 N–H and O–H groups in total. The summed E-state index contributed by atoms with van der Waals surface area (Å²) < 4.78 is 38.8. The third-order valence-electron chi connectivity index (χ3n) is 4.46. The van der Waals surface area contributed by atoms with E-state index in [0.29, 0.717) is 25.1 Å². The monoisotopic (exact) mass is 500 g/mol. The van der Waals surface area contributed by atoms with E-state index >= 15 is 0 Å². The molecule has 154 valence electrons. The Morgan fingerprint density at radius 3 is 2.78 bits per heavy atom. The number of likely N-dealkylation sites (tertiary alicyclic amines) is 1. The van der Waals surface area contributed by atoms with Crippen molar-refractivity contribution < 1.29 is 13.2 Å². The Hall–Kier alpha value is -1.30. The lowest BCUT2D eigenvalue weighted by molar-refractivity contribution is -0.137. The Balaban J connectivity index is 0.00000364. The second-order valence-electron chi connectivity index (χ2n) is 6.13. The number of likely N-dealkylation sites (N-methyl/N-ethyl adjacent to an activating group) is 1. The number of pyridine rings is 1. The molecule has 27 heavy (non-hydrogen) atoms. The predicted octanol–water partition coefficient (Wildman–Crippen LogP) is 2.78. The van der Waals surface area contributed by atoms with Crippen molar-refractivity contribution >= 4 is 35.8 Å². The number of halogens is 4. The van der Waals surface area contributed by atoms with Crippen LogP contribution in [0.2, 0.25) is 0 Å². The van der Waals surface area contributed by atoms with E-state index in [9.17, 15) is 13.2 Å². The van der Waals surface area contributed by atoms with Gasteiger partial charge in [-0.2, -0.15) is 13.2 Å². The minimum absolute atomic E-state index is 0. The van der Waals surface area contributed by atoms with Crippen LogP contribution in [0.5, 0.6) is 0 Å². The standard InChI is InChI=1S/C17H27F3N6.HI/c1-3-26-11-5-6-13(26)12-25-16(21-2)24-10-9-23-15-14(17(18,19)20)7-4-8-22-15;/h4,7-8,13H,3,5-6,9-12H2,1-2H3,(H,22,23)(H2,21,24,25);1H. The van der Waals surface area contributed by atoms with Crippen LogP contribution in [0.15, 0.2) is 23.3 Å². The molecular weight excluding hydrogens is 472 g/mol. The van der Waals surface area contributed by atoms with Gasteiger partial charge in [0.05, 0.1) is 5.56 Å². The van der Waals surface area contributed by atoms with Crippen LogP contribution < -0.4 is 16.0 Å². The normalized spacial score (nSPS) is 18.1. The maximum atomic E-state index is 12.9. The average Bonchev–Trinajstić information content (AvgIpc) is 3.08. The van der Waals surface area contributed by atoms with Crippen LogP contribution in [0.3, 0.4) is 0 Å². The number of nitrogens with one attached hydrogen (secondary N) is 3. The molecule has 1 fully saturated rings. The van der Waals surface area contributed by atoms with Crippen LogP contribution in [-0.4, -0.2) is 61.7 Å². The van der Waals surface area contributed by atoms with Crippen LogP contribution in [0.4, 0.5) is 19.0 Å². The Bertz CT molecular complexity index is 596. The van der Waals surface area contributed by atoms with Crippen LogP contribution in [0.1, 0.15) is 25.3 Å². The largest absolute Gasteiger partial charge is 0.419 e. The maximum Gasteiger partial charge on any atom is 0.419 e. The average molecular weight is 500 g/mol. The molecule has 0 spiro atoms. The number of anilines is 1. The Kier molecular flexibility index (Phi) is 10.1. The van der Waals surface area contributed by atoms with Gasteiger partial charge in [-0.25, -0.2) is 4.98 Å². The number of hydrogen-bond acceptors (Lipinski definition) is 4. The minimum atomic E-state index is -4.42. The van der Waals surface area contributed by atoms with Gasteiger partial charge >= 0.3 is 6.18 Å². The summed E-state index contributed by atoms with van der Waals surface area (Å²) in [6, 6.07) is 2.80. The van der Waals surface area contributed by atoms with Crippen LogP contribution in [0, 0.1) is 0 Å². The first-order valence-corrected chi connectivity index (χ1v) is 8.90. The van der Waals surface area contributed by atoms with E-state index < -0.39 is 11.7 Å². The summed E-state index contributed by atoms with van der Waals surface area (Å²) in [6.07, 6.45) is -0.707. The number of alkyl halides is 3. The highest BCUT2D eigenvalue weighted by Gasteiger charge is 2.33. The van der Waals surface area contributed by atoms with Crippen LogP contribution >= 0.6 is 24.0 Å². The number of hydrogen-bond donors (Lipinski definition) is 3. The zero-order valence-corrected chi connectivity index (χ0v) is 18.0. The first-order chi connectivity index (χ1) is 12.5. The molecule has 0 aromatic carbocycles. The number of nitrogens with zero attached hydrogens (tertiary/aromatic N) is 3. The molecule has 1 aromatic rings. The van der Waals surface area contributed by atoms with Crippen molar-refractivity contribution in [2.45, 2.75) is 32.0 Å². The molecule has 1 aliphatic rings. The highest BCUT2D eigenvalue weighted by Crippen LogP contribution is 2.33. The summed E-state index contributed by atoms with van der Waals surface area (Å²) in [7, 11) is 1.68. The summed E-state index contributed by atoms with van der Waals surface area (Å²) in [5.74, 6) is 0.487. The van der Waals surface area contributed by atoms with Crippen molar-refractivity contribution in [2.24, 2.45) is 4.99 Å². The first kappa shape index (κ1) is 23.7. The molecule has 0 aliphatic carbocycles. The molecular formula is C17H28F3IN6. The molecule has 1 atom stereocenters. The van der Waals surface area contributed by atoms with Crippen molar-refractivity contribution in [1.29, 1.82) is 0 Å². The maximum absolute atomic E-state index is 12.9. The molecule has 2 rings (SSSR count). The Morgan fingerprint density at radius 2 is 2.11 bits per heavy atom. The molecule has 0 saturated carbocycles. The second kappa shape index (κ2) is 11.5. The lowest BCUT2D eigenvalue weighted by Crippen LogP contribution is -2.45. The van der Waals surface area contributed by atoms with Gasteiger partial charge in [0.1, 0.15) is 5.82 Å². The van der Waals surface area contributed by atoms with Gasteiger partial charge in [-0.3, -0.25) is 9.89 Å². The van der Waals surface area contributed by atoms with Crippen molar-refractivity contribution in [3.8, 4) is 0 Å². The smallest absolute Gasteiger partial charge is 0.368 e. The lowest BCUT2D eigenvalue weighted by Gasteiger charge is -2.24. The minimum Gasteiger partial charge on any atom is -0.368 e. The van der Waals surface area contributed by atoms with E-state index in [1.54, 1.807) is 7.05 Å². The molecule has 0 amide bonds. The molecule has 10 heteroatoms. The Labute approximate surface area is 175 Å².